The first kappa shape index (κ1) is 19.3. The van der Waals surface area contributed by atoms with Crippen LogP contribution in [0.1, 0.15) is 27.3 Å². The maximum absolute atomic E-state index is 13.8. The zero-order chi connectivity index (χ0) is 20.3. The second-order valence-corrected chi connectivity index (χ2v) is 6.23. The third-order valence-electron chi connectivity index (χ3n) is 4.44. The van der Waals surface area contributed by atoms with E-state index in [0.717, 1.165) is 5.56 Å². The number of amides is 1. The molecule has 0 aliphatic heterocycles. The number of aromatic nitrogens is 3. The van der Waals surface area contributed by atoms with Crippen molar-refractivity contribution in [2.45, 2.75) is 20.4 Å². The number of carbonyl (C=O) groups is 1. The number of benzene rings is 2. The van der Waals surface area contributed by atoms with Crippen LogP contribution in [0.3, 0.4) is 0 Å². The van der Waals surface area contributed by atoms with E-state index in [2.05, 4.69) is 15.6 Å². The molecule has 0 spiro atoms. The first-order valence-electron chi connectivity index (χ1n) is 8.62. The zero-order valence-corrected chi connectivity index (χ0v) is 16.1. The molecule has 1 N–H and O–H groups in total. The van der Waals surface area contributed by atoms with Gasteiger partial charge in [0.25, 0.3) is 5.91 Å². The van der Waals surface area contributed by atoms with Crippen molar-refractivity contribution in [3.63, 3.8) is 0 Å². The van der Waals surface area contributed by atoms with Crippen LogP contribution in [0.15, 0.2) is 36.4 Å². The molecule has 3 rings (SSSR count). The van der Waals surface area contributed by atoms with Crippen LogP contribution >= 0.6 is 0 Å². The topological polar surface area (TPSA) is 78.3 Å². The van der Waals surface area contributed by atoms with Gasteiger partial charge in [-0.1, -0.05) is 11.3 Å². The van der Waals surface area contributed by atoms with E-state index in [-0.39, 0.29) is 24.0 Å². The molecule has 8 heteroatoms. The van der Waals surface area contributed by atoms with Crippen LogP contribution in [-0.2, 0) is 6.54 Å². The number of hydrogen-bond acceptors (Lipinski definition) is 5. The second-order valence-electron chi connectivity index (χ2n) is 6.23. The highest BCUT2D eigenvalue weighted by molar-refractivity contribution is 5.93. The molecule has 0 saturated carbocycles. The lowest BCUT2D eigenvalue weighted by Crippen LogP contribution is -2.24. The molecule has 0 bridgehead atoms. The maximum atomic E-state index is 13.8. The van der Waals surface area contributed by atoms with Crippen LogP contribution < -0.4 is 14.8 Å². The summed E-state index contributed by atoms with van der Waals surface area (Å²) in [7, 11) is 3.12. The lowest BCUT2D eigenvalue weighted by molar-refractivity contribution is 0.0945. The highest BCUT2D eigenvalue weighted by Gasteiger charge is 2.18. The number of halogens is 1. The van der Waals surface area contributed by atoms with Crippen LogP contribution in [0.5, 0.6) is 11.5 Å². The van der Waals surface area contributed by atoms with Crippen molar-refractivity contribution in [1.82, 2.24) is 20.3 Å². The number of aryl methyl sites for hydroxylation is 1. The molecular formula is C20H21FN4O3. The lowest BCUT2D eigenvalue weighted by Gasteiger charge is -2.11. The molecular weight excluding hydrogens is 363 g/mol. The molecule has 0 atom stereocenters. The van der Waals surface area contributed by atoms with E-state index < -0.39 is 0 Å². The van der Waals surface area contributed by atoms with E-state index in [1.807, 2.05) is 6.07 Å². The van der Waals surface area contributed by atoms with Gasteiger partial charge in [-0.05, 0) is 43.7 Å². The van der Waals surface area contributed by atoms with Gasteiger partial charge in [0.2, 0.25) is 0 Å². The Morgan fingerprint density at radius 1 is 1.14 bits per heavy atom. The molecule has 0 unspecified atom stereocenters. The number of methoxy groups -OCH3 is 2. The number of hydrogen-bond donors (Lipinski definition) is 1. The highest BCUT2D eigenvalue weighted by atomic mass is 19.1. The monoisotopic (exact) mass is 384 g/mol. The average Bonchev–Trinajstić information content (AvgIpc) is 3.09. The van der Waals surface area contributed by atoms with Crippen LogP contribution in [0.25, 0.3) is 5.69 Å². The molecule has 7 nitrogen and oxygen atoms in total. The Balaban J connectivity index is 1.77. The Morgan fingerprint density at radius 3 is 2.61 bits per heavy atom. The van der Waals surface area contributed by atoms with Gasteiger partial charge >= 0.3 is 0 Å². The van der Waals surface area contributed by atoms with Crippen molar-refractivity contribution >= 4 is 5.91 Å². The third-order valence-corrected chi connectivity index (χ3v) is 4.44. The molecule has 146 valence electrons. The van der Waals surface area contributed by atoms with Crippen molar-refractivity contribution in [3.8, 4) is 17.2 Å². The van der Waals surface area contributed by atoms with E-state index >= 15 is 0 Å². The molecule has 1 heterocycles. The summed E-state index contributed by atoms with van der Waals surface area (Å²) in [5.41, 5.74) is 2.52. The molecule has 1 amide bonds. The van der Waals surface area contributed by atoms with E-state index in [0.29, 0.717) is 28.4 Å². The maximum Gasteiger partial charge on any atom is 0.274 e. The molecule has 0 saturated heterocycles. The summed E-state index contributed by atoms with van der Waals surface area (Å²) in [4.78, 5) is 12.6. The first-order valence-corrected chi connectivity index (χ1v) is 8.62. The Kier molecular flexibility index (Phi) is 5.58. The molecule has 28 heavy (non-hydrogen) atoms. The fourth-order valence-corrected chi connectivity index (χ4v) is 2.75. The Hall–Kier alpha value is -3.42. The Labute approximate surface area is 162 Å². The second kappa shape index (κ2) is 8.08. The minimum atomic E-state index is -0.380. The van der Waals surface area contributed by atoms with Gasteiger partial charge in [-0.25, -0.2) is 9.07 Å². The fraction of sp³-hybridized carbons (Fsp3) is 0.250. The van der Waals surface area contributed by atoms with Gasteiger partial charge in [-0.15, -0.1) is 5.10 Å². The van der Waals surface area contributed by atoms with E-state index in [1.165, 1.54) is 10.7 Å². The fourth-order valence-electron chi connectivity index (χ4n) is 2.75. The largest absolute Gasteiger partial charge is 0.497 e. The van der Waals surface area contributed by atoms with Crippen molar-refractivity contribution in [2.75, 3.05) is 14.2 Å². The zero-order valence-electron chi connectivity index (χ0n) is 16.1. The average molecular weight is 384 g/mol. The van der Waals surface area contributed by atoms with Crippen LogP contribution in [0.4, 0.5) is 4.39 Å². The predicted octanol–water partition coefficient (Wildman–Crippen LogP) is 2.97. The van der Waals surface area contributed by atoms with Gasteiger partial charge in [-0.3, -0.25) is 4.79 Å². The first-order chi connectivity index (χ1) is 13.4. The molecule has 0 aliphatic rings. The SMILES string of the molecule is COc1ccc(CNC(=O)c2nnn(-c3ccc(C)c(F)c3)c2C)c(OC)c1. The number of carbonyl (C=O) groups excluding carboxylic acids is 1. The predicted molar refractivity (Wildman–Crippen MR) is 102 cm³/mol. The minimum absolute atomic E-state index is 0.175. The number of nitrogens with one attached hydrogen (secondary N) is 1. The van der Waals surface area contributed by atoms with Gasteiger partial charge < -0.3 is 14.8 Å². The van der Waals surface area contributed by atoms with Crippen LogP contribution in [-0.4, -0.2) is 35.1 Å². The molecule has 0 radical (unpaired) electrons. The molecule has 1 aromatic heterocycles. The van der Waals surface area contributed by atoms with E-state index in [4.69, 9.17) is 9.47 Å². The summed E-state index contributed by atoms with van der Waals surface area (Å²) < 4.78 is 25.8. The van der Waals surface area contributed by atoms with Crippen molar-refractivity contribution < 1.29 is 18.7 Å². The standard InChI is InChI=1S/C20H21FN4O3/c1-12-5-7-15(9-17(12)21)25-13(2)19(23-24-25)20(26)22-11-14-6-8-16(27-3)10-18(14)28-4/h5-10H,11H2,1-4H3,(H,22,26). The van der Waals surface area contributed by atoms with Gasteiger partial charge in [0.05, 0.1) is 25.6 Å². The van der Waals surface area contributed by atoms with Gasteiger partial charge in [0.1, 0.15) is 17.3 Å². The van der Waals surface area contributed by atoms with Crippen LogP contribution in [0, 0.1) is 19.7 Å². The smallest absolute Gasteiger partial charge is 0.274 e. The Bertz CT molecular complexity index is 1020. The van der Waals surface area contributed by atoms with Gasteiger partial charge in [0.15, 0.2) is 5.69 Å². The number of nitrogens with zero attached hydrogens (tertiary/aromatic N) is 3. The van der Waals surface area contributed by atoms with Gasteiger partial charge in [-0.2, -0.15) is 0 Å². The third kappa shape index (κ3) is 3.80. The molecule has 0 aliphatic carbocycles. The summed E-state index contributed by atoms with van der Waals surface area (Å²) in [6, 6.07) is 10.1. The van der Waals surface area contributed by atoms with Crippen LogP contribution in [0.2, 0.25) is 0 Å². The number of rotatable bonds is 6. The van der Waals surface area contributed by atoms with Gasteiger partial charge in [0, 0.05) is 18.2 Å². The summed E-state index contributed by atoms with van der Waals surface area (Å²) in [5.74, 6) is 0.547. The summed E-state index contributed by atoms with van der Waals surface area (Å²) >= 11 is 0. The molecule has 0 fully saturated rings. The summed E-state index contributed by atoms with van der Waals surface area (Å²) in [6.45, 7) is 3.64. The minimum Gasteiger partial charge on any atom is -0.497 e. The summed E-state index contributed by atoms with van der Waals surface area (Å²) in [6.07, 6.45) is 0. The molecule has 2 aromatic carbocycles. The van der Waals surface area contributed by atoms with E-state index in [1.54, 1.807) is 52.3 Å². The van der Waals surface area contributed by atoms with E-state index in [9.17, 15) is 9.18 Å². The normalized spacial score (nSPS) is 10.6. The van der Waals surface area contributed by atoms with Crippen molar-refractivity contribution in [3.05, 3.63) is 64.7 Å². The number of ether oxygens (including phenoxy) is 2. The Morgan fingerprint density at radius 2 is 1.93 bits per heavy atom. The highest BCUT2D eigenvalue weighted by Crippen LogP contribution is 2.24. The molecule has 3 aromatic rings. The van der Waals surface area contributed by atoms with Crippen molar-refractivity contribution in [1.29, 1.82) is 0 Å². The quantitative estimate of drug-likeness (QED) is 0.707. The van der Waals surface area contributed by atoms with Crippen molar-refractivity contribution in [2.24, 2.45) is 0 Å². The summed E-state index contributed by atoms with van der Waals surface area (Å²) in [5, 5.41) is 10.7. The lowest BCUT2D eigenvalue weighted by atomic mass is 10.2.